The highest BCUT2D eigenvalue weighted by Crippen LogP contribution is 2.26. The van der Waals surface area contributed by atoms with Crippen molar-refractivity contribution in [1.82, 2.24) is 0 Å². The largest absolute Gasteiger partial charge is 0.494 e. The SMILES string of the molecule is CCCCOc1ccc(/C=C/C(=O)Oc2ccc(C)cc2Br)cc1. The van der Waals surface area contributed by atoms with Gasteiger partial charge in [-0.1, -0.05) is 31.5 Å². The maximum atomic E-state index is 11.9. The highest BCUT2D eigenvalue weighted by atomic mass is 79.9. The first-order chi connectivity index (χ1) is 11.6. The first kappa shape index (κ1) is 18.3. The molecule has 2 aromatic rings. The minimum absolute atomic E-state index is 0.414. The molecule has 0 aliphatic carbocycles. The Morgan fingerprint density at radius 2 is 1.92 bits per heavy atom. The van der Waals surface area contributed by atoms with Crippen molar-refractivity contribution in [2.45, 2.75) is 26.7 Å². The fourth-order valence-corrected chi connectivity index (χ4v) is 2.58. The number of halogens is 1. The van der Waals surface area contributed by atoms with E-state index in [1.165, 1.54) is 6.08 Å². The summed E-state index contributed by atoms with van der Waals surface area (Å²) in [6, 6.07) is 13.2. The van der Waals surface area contributed by atoms with Crippen molar-refractivity contribution in [3.05, 3.63) is 64.1 Å². The Morgan fingerprint density at radius 1 is 1.17 bits per heavy atom. The number of esters is 1. The van der Waals surface area contributed by atoms with Crippen LogP contribution >= 0.6 is 15.9 Å². The van der Waals surface area contributed by atoms with Crippen LogP contribution in [0.4, 0.5) is 0 Å². The summed E-state index contributed by atoms with van der Waals surface area (Å²) in [6.45, 7) is 4.83. The van der Waals surface area contributed by atoms with Gasteiger partial charge in [-0.3, -0.25) is 0 Å². The molecule has 0 amide bonds. The fraction of sp³-hybridized carbons (Fsp3) is 0.250. The number of aryl methyl sites for hydroxylation is 1. The maximum Gasteiger partial charge on any atom is 0.336 e. The first-order valence-electron chi connectivity index (χ1n) is 7.97. The zero-order valence-electron chi connectivity index (χ0n) is 13.9. The molecule has 0 bridgehead atoms. The molecule has 0 aliphatic heterocycles. The number of benzene rings is 2. The summed E-state index contributed by atoms with van der Waals surface area (Å²) >= 11 is 3.39. The van der Waals surface area contributed by atoms with Gasteiger partial charge >= 0.3 is 5.97 Å². The second-order valence-electron chi connectivity index (χ2n) is 5.46. The van der Waals surface area contributed by atoms with Gasteiger partial charge in [-0.05, 0) is 70.7 Å². The van der Waals surface area contributed by atoms with Crippen LogP contribution in [0, 0.1) is 6.92 Å². The van der Waals surface area contributed by atoms with E-state index in [0.717, 1.165) is 40.8 Å². The Morgan fingerprint density at radius 3 is 2.58 bits per heavy atom. The molecule has 0 saturated carbocycles. The Balaban J connectivity index is 1.91. The molecule has 2 rings (SSSR count). The molecule has 0 atom stereocenters. The number of hydrogen-bond donors (Lipinski definition) is 0. The molecular formula is C20H21BrO3. The van der Waals surface area contributed by atoms with Crippen molar-refractivity contribution < 1.29 is 14.3 Å². The molecule has 0 radical (unpaired) electrons. The molecule has 2 aromatic carbocycles. The van der Waals surface area contributed by atoms with Gasteiger partial charge in [-0.15, -0.1) is 0 Å². The number of carbonyl (C=O) groups is 1. The van der Waals surface area contributed by atoms with Crippen molar-refractivity contribution in [2.24, 2.45) is 0 Å². The third kappa shape index (κ3) is 5.85. The monoisotopic (exact) mass is 388 g/mol. The molecule has 0 aliphatic rings. The Kier molecular flexibility index (Phi) is 7.07. The number of carbonyl (C=O) groups excluding carboxylic acids is 1. The van der Waals surface area contributed by atoms with Gasteiger partial charge in [-0.2, -0.15) is 0 Å². The third-order valence-corrected chi connectivity index (χ3v) is 3.98. The van der Waals surface area contributed by atoms with E-state index in [1.807, 2.05) is 43.3 Å². The Bertz CT molecular complexity index is 705. The average molecular weight is 389 g/mol. The molecule has 0 aromatic heterocycles. The average Bonchev–Trinajstić information content (AvgIpc) is 2.57. The van der Waals surface area contributed by atoms with E-state index in [-0.39, 0.29) is 0 Å². The van der Waals surface area contributed by atoms with Crippen molar-refractivity contribution in [3.8, 4) is 11.5 Å². The van der Waals surface area contributed by atoms with Crippen LogP contribution in [0.5, 0.6) is 11.5 Å². The quantitative estimate of drug-likeness (QED) is 0.269. The minimum Gasteiger partial charge on any atom is -0.494 e. The number of rotatable bonds is 7. The summed E-state index contributed by atoms with van der Waals surface area (Å²) in [4.78, 5) is 11.9. The highest BCUT2D eigenvalue weighted by Gasteiger charge is 2.05. The summed E-state index contributed by atoms with van der Waals surface area (Å²) in [6.07, 6.45) is 5.29. The fourth-order valence-electron chi connectivity index (χ4n) is 2.00. The molecule has 126 valence electrons. The summed E-state index contributed by atoms with van der Waals surface area (Å²) in [7, 11) is 0. The molecule has 4 heteroatoms. The van der Waals surface area contributed by atoms with Crippen LogP contribution in [0.1, 0.15) is 30.9 Å². The summed E-state index contributed by atoms with van der Waals surface area (Å²) in [5.74, 6) is 0.935. The van der Waals surface area contributed by atoms with Crippen molar-refractivity contribution in [1.29, 1.82) is 0 Å². The molecule has 0 fully saturated rings. The van der Waals surface area contributed by atoms with E-state index in [4.69, 9.17) is 9.47 Å². The number of ether oxygens (including phenoxy) is 2. The van der Waals surface area contributed by atoms with E-state index < -0.39 is 5.97 Å². The zero-order valence-corrected chi connectivity index (χ0v) is 15.5. The lowest BCUT2D eigenvalue weighted by atomic mass is 10.2. The standard InChI is InChI=1S/C20H21BrO3/c1-3-4-13-23-17-9-6-16(7-10-17)8-12-20(22)24-19-11-5-15(2)14-18(19)21/h5-12,14H,3-4,13H2,1-2H3/b12-8+. The molecule has 0 heterocycles. The van der Waals surface area contributed by atoms with E-state index in [0.29, 0.717) is 5.75 Å². The van der Waals surface area contributed by atoms with Gasteiger partial charge in [0.1, 0.15) is 11.5 Å². The lowest BCUT2D eigenvalue weighted by Crippen LogP contribution is -2.04. The van der Waals surface area contributed by atoms with Crippen LogP contribution in [-0.4, -0.2) is 12.6 Å². The third-order valence-electron chi connectivity index (χ3n) is 3.36. The molecule has 24 heavy (non-hydrogen) atoms. The zero-order chi connectivity index (χ0) is 17.4. The van der Waals surface area contributed by atoms with Gasteiger partial charge in [0.05, 0.1) is 11.1 Å². The topological polar surface area (TPSA) is 35.5 Å². The van der Waals surface area contributed by atoms with Gasteiger partial charge < -0.3 is 9.47 Å². The van der Waals surface area contributed by atoms with Crippen LogP contribution in [0.3, 0.4) is 0 Å². The summed E-state index contributed by atoms with van der Waals surface area (Å²) in [5, 5.41) is 0. The first-order valence-corrected chi connectivity index (χ1v) is 8.76. The summed E-state index contributed by atoms with van der Waals surface area (Å²) < 4.78 is 11.7. The molecule has 0 unspecified atom stereocenters. The predicted molar refractivity (Wildman–Crippen MR) is 100 cm³/mol. The van der Waals surface area contributed by atoms with E-state index in [1.54, 1.807) is 12.1 Å². The van der Waals surface area contributed by atoms with Gasteiger partial charge in [-0.25, -0.2) is 4.79 Å². The highest BCUT2D eigenvalue weighted by molar-refractivity contribution is 9.10. The van der Waals surface area contributed by atoms with E-state index >= 15 is 0 Å². The summed E-state index contributed by atoms with van der Waals surface area (Å²) in [5.41, 5.74) is 2.01. The Labute approximate surface area is 151 Å². The van der Waals surface area contributed by atoms with Gasteiger partial charge in [0, 0.05) is 6.08 Å². The van der Waals surface area contributed by atoms with E-state index in [2.05, 4.69) is 22.9 Å². The number of hydrogen-bond acceptors (Lipinski definition) is 3. The maximum absolute atomic E-state index is 11.9. The van der Waals surface area contributed by atoms with Crippen LogP contribution in [0.2, 0.25) is 0 Å². The van der Waals surface area contributed by atoms with Gasteiger partial charge in [0.2, 0.25) is 0 Å². The van der Waals surface area contributed by atoms with Gasteiger partial charge in [0.25, 0.3) is 0 Å². The molecule has 3 nitrogen and oxygen atoms in total. The van der Waals surface area contributed by atoms with Crippen LogP contribution in [-0.2, 0) is 4.79 Å². The van der Waals surface area contributed by atoms with Crippen LogP contribution in [0.25, 0.3) is 6.08 Å². The normalized spacial score (nSPS) is 10.8. The van der Waals surface area contributed by atoms with Gasteiger partial charge in [0.15, 0.2) is 0 Å². The second-order valence-corrected chi connectivity index (χ2v) is 6.31. The van der Waals surface area contributed by atoms with Crippen molar-refractivity contribution in [3.63, 3.8) is 0 Å². The number of unbranched alkanes of at least 4 members (excludes halogenated alkanes) is 1. The van der Waals surface area contributed by atoms with E-state index in [9.17, 15) is 4.79 Å². The molecule has 0 saturated heterocycles. The molecule has 0 N–H and O–H groups in total. The van der Waals surface area contributed by atoms with Crippen LogP contribution < -0.4 is 9.47 Å². The van der Waals surface area contributed by atoms with Crippen molar-refractivity contribution >= 4 is 28.0 Å². The lowest BCUT2D eigenvalue weighted by molar-refractivity contribution is -0.128. The Hall–Kier alpha value is -2.07. The second kappa shape index (κ2) is 9.28. The smallest absolute Gasteiger partial charge is 0.336 e. The predicted octanol–water partition coefficient (Wildman–Crippen LogP) is 5.56. The minimum atomic E-state index is -0.414. The lowest BCUT2D eigenvalue weighted by Gasteiger charge is -2.05. The van der Waals surface area contributed by atoms with Crippen molar-refractivity contribution in [2.75, 3.05) is 6.61 Å². The molecule has 0 spiro atoms. The molecular weight excluding hydrogens is 368 g/mol. The van der Waals surface area contributed by atoms with Crippen LogP contribution in [0.15, 0.2) is 53.0 Å².